The molecule has 1 aliphatic carbocycles. The summed E-state index contributed by atoms with van der Waals surface area (Å²) in [4.78, 5) is 0. The van der Waals surface area contributed by atoms with E-state index in [2.05, 4.69) is 18.2 Å². The summed E-state index contributed by atoms with van der Waals surface area (Å²) in [6, 6.07) is 6.44. The molecule has 0 fully saturated rings. The summed E-state index contributed by atoms with van der Waals surface area (Å²) >= 11 is 0. The van der Waals surface area contributed by atoms with Crippen LogP contribution in [0.5, 0.6) is 5.75 Å². The average molecular weight is 199 g/mol. The SMILES string of the molecule is COc1ccc2c(c1)CCCC2.Cl. The Morgan fingerprint density at radius 3 is 2.46 bits per heavy atom. The van der Waals surface area contributed by atoms with Crippen LogP contribution in [0, 0.1) is 0 Å². The number of ether oxygens (including phenoxy) is 1. The Hall–Kier alpha value is -0.690. The van der Waals surface area contributed by atoms with E-state index in [9.17, 15) is 0 Å². The minimum absolute atomic E-state index is 0. The van der Waals surface area contributed by atoms with Crippen LogP contribution in [-0.2, 0) is 12.8 Å². The summed E-state index contributed by atoms with van der Waals surface area (Å²) in [5.74, 6) is 0.996. The quantitative estimate of drug-likeness (QED) is 0.674. The largest absolute Gasteiger partial charge is 0.497 e. The van der Waals surface area contributed by atoms with Crippen LogP contribution in [0.15, 0.2) is 18.2 Å². The van der Waals surface area contributed by atoms with Crippen molar-refractivity contribution >= 4 is 12.4 Å². The van der Waals surface area contributed by atoms with Crippen molar-refractivity contribution in [2.45, 2.75) is 25.7 Å². The molecule has 0 N–H and O–H groups in total. The Bertz CT molecular complexity index is 283. The van der Waals surface area contributed by atoms with Crippen LogP contribution >= 0.6 is 12.4 Å². The van der Waals surface area contributed by atoms with Gasteiger partial charge in [-0.05, 0) is 48.9 Å². The van der Waals surface area contributed by atoms with Crippen molar-refractivity contribution in [2.24, 2.45) is 0 Å². The number of rotatable bonds is 1. The highest BCUT2D eigenvalue weighted by Crippen LogP contribution is 2.24. The Labute approximate surface area is 85.5 Å². The van der Waals surface area contributed by atoms with Crippen molar-refractivity contribution in [1.82, 2.24) is 0 Å². The Morgan fingerprint density at radius 1 is 1.08 bits per heavy atom. The molecule has 0 aromatic heterocycles. The predicted octanol–water partition coefficient (Wildman–Crippen LogP) is 3.00. The number of fused-ring (bicyclic) bond motifs is 1. The Balaban J connectivity index is 0.000000845. The molecule has 0 radical (unpaired) electrons. The van der Waals surface area contributed by atoms with Gasteiger partial charge in [0.1, 0.15) is 5.75 Å². The summed E-state index contributed by atoms with van der Waals surface area (Å²) in [7, 11) is 1.73. The number of methoxy groups -OCH3 is 1. The van der Waals surface area contributed by atoms with E-state index in [1.165, 1.54) is 36.8 Å². The first-order chi connectivity index (χ1) is 5.90. The van der Waals surface area contributed by atoms with Gasteiger partial charge in [0.15, 0.2) is 0 Å². The smallest absolute Gasteiger partial charge is 0.119 e. The molecule has 0 aliphatic heterocycles. The lowest BCUT2D eigenvalue weighted by Gasteiger charge is -2.15. The highest BCUT2D eigenvalue weighted by Gasteiger charge is 2.08. The minimum atomic E-state index is 0. The van der Waals surface area contributed by atoms with E-state index in [4.69, 9.17) is 4.74 Å². The zero-order valence-electron chi connectivity index (χ0n) is 7.88. The van der Waals surface area contributed by atoms with Gasteiger partial charge in [-0.25, -0.2) is 0 Å². The van der Waals surface area contributed by atoms with Gasteiger partial charge in [0, 0.05) is 0 Å². The minimum Gasteiger partial charge on any atom is -0.497 e. The van der Waals surface area contributed by atoms with Gasteiger partial charge in [0.25, 0.3) is 0 Å². The number of halogens is 1. The molecule has 0 heterocycles. The first-order valence-electron chi connectivity index (χ1n) is 4.56. The summed E-state index contributed by atoms with van der Waals surface area (Å²) in [6.07, 6.45) is 5.16. The summed E-state index contributed by atoms with van der Waals surface area (Å²) in [5, 5.41) is 0. The fraction of sp³-hybridized carbons (Fsp3) is 0.455. The van der Waals surface area contributed by atoms with E-state index in [0.717, 1.165) is 5.75 Å². The lowest BCUT2D eigenvalue weighted by molar-refractivity contribution is 0.413. The third-order valence-corrected chi connectivity index (χ3v) is 2.56. The van der Waals surface area contributed by atoms with E-state index in [-0.39, 0.29) is 12.4 Å². The molecule has 13 heavy (non-hydrogen) atoms. The maximum absolute atomic E-state index is 5.18. The highest BCUT2D eigenvalue weighted by molar-refractivity contribution is 5.85. The van der Waals surface area contributed by atoms with Crippen LogP contribution < -0.4 is 4.74 Å². The molecule has 0 saturated heterocycles. The van der Waals surface area contributed by atoms with E-state index in [1.54, 1.807) is 7.11 Å². The second-order valence-electron chi connectivity index (χ2n) is 3.34. The molecule has 0 unspecified atom stereocenters. The van der Waals surface area contributed by atoms with Gasteiger partial charge in [0.2, 0.25) is 0 Å². The number of benzene rings is 1. The monoisotopic (exact) mass is 198 g/mol. The van der Waals surface area contributed by atoms with Crippen molar-refractivity contribution in [2.75, 3.05) is 7.11 Å². The van der Waals surface area contributed by atoms with E-state index in [0.29, 0.717) is 0 Å². The number of hydrogen-bond donors (Lipinski definition) is 0. The molecule has 1 aromatic rings. The molecule has 0 atom stereocenters. The molecule has 2 heteroatoms. The van der Waals surface area contributed by atoms with Gasteiger partial charge in [0.05, 0.1) is 7.11 Å². The third kappa shape index (κ3) is 2.16. The topological polar surface area (TPSA) is 9.23 Å². The van der Waals surface area contributed by atoms with Crippen molar-refractivity contribution in [3.63, 3.8) is 0 Å². The number of aryl methyl sites for hydroxylation is 2. The zero-order chi connectivity index (χ0) is 8.39. The Morgan fingerprint density at radius 2 is 1.77 bits per heavy atom. The fourth-order valence-corrected chi connectivity index (χ4v) is 1.84. The van der Waals surface area contributed by atoms with E-state index < -0.39 is 0 Å². The lowest BCUT2D eigenvalue weighted by atomic mass is 9.92. The van der Waals surface area contributed by atoms with Crippen molar-refractivity contribution in [3.8, 4) is 5.75 Å². The molecular formula is C11H15ClO. The summed E-state index contributed by atoms with van der Waals surface area (Å²) < 4.78 is 5.18. The maximum Gasteiger partial charge on any atom is 0.119 e. The van der Waals surface area contributed by atoms with E-state index >= 15 is 0 Å². The third-order valence-electron chi connectivity index (χ3n) is 2.56. The van der Waals surface area contributed by atoms with Gasteiger partial charge in [-0.1, -0.05) is 6.07 Å². The van der Waals surface area contributed by atoms with Crippen molar-refractivity contribution < 1.29 is 4.74 Å². The van der Waals surface area contributed by atoms with Crippen LogP contribution in [0.3, 0.4) is 0 Å². The van der Waals surface area contributed by atoms with Crippen LogP contribution in [0.25, 0.3) is 0 Å². The maximum atomic E-state index is 5.18. The normalized spacial score (nSPS) is 14.2. The number of hydrogen-bond acceptors (Lipinski definition) is 1. The molecule has 0 bridgehead atoms. The predicted molar refractivity (Wildman–Crippen MR) is 56.9 cm³/mol. The van der Waals surface area contributed by atoms with Gasteiger partial charge >= 0.3 is 0 Å². The Kier molecular flexibility index (Phi) is 3.61. The molecule has 1 aliphatic rings. The zero-order valence-corrected chi connectivity index (χ0v) is 8.69. The van der Waals surface area contributed by atoms with Gasteiger partial charge in [-0.15, -0.1) is 12.4 Å². The van der Waals surface area contributed by atoms with Crippen LogP contribution in [-0.4, -0.2) is 7.11 Å². The van der Waals surface area contributed by atoms with Gasteiger partial charge in [-0.3, -0.25) is 0 Å². The van der Waals surface area contributed by atoms with E-state index in [1.807, 2.05) is 0 Å². The second kappa shape index (κ2) is 4.52. The molecule has 2 rings (SSSR count). The fourth-order valence-electron chi connectivity index (χ4n) is 1.84. The van der Waals surface area contributed by atoms with Crippen molar-refractivity contribution in [1.29, 1.82) is 0 Å². The van der Waals surface area contributed by atoms with Crippen LogP contribution in [0.1, 0.15) is 24.0 Å². The first-order valence-corrected chi connectivity index (χ1v) is 4.56. The molecule has 0 amide bonds. The highest BCUT2D eigenvalue weighted by atomic mass is 35.5. The summed E-state index contributed by atoms with van der Waals surface area (Å²) in [6.45, 7) is 0. The molecular weight excluding hydrogens is 184 g/mol. The molecule has 1 nitrogen and oxygen atoms in total. The average Bonchev–Trinajstić information content (AvgIpc) is 2.17. The molecule has 0 saturated carbocycles. The first kappa shape index (κ1) is 10.4. The molecule has 72 valence electrons. The standard InChI is InChI=1S/C11H14O.ClH/c1-12-11-7-6-9-4-2-3-5-10(9)8-11;/h6-8H,2-5H2,1H3;1H. The van der Waals surface area contributed by atoms with Crippen LogP contribution in [0.2, 0.25) is 0 Å². The second-order valence-corrected chi connectivity index (χ2v) is 3.34. The van der Waals surface area contributed by atoms with Crippen molar-refractivity contribution in [3.05, 3.63) is 29.3 Å². The van der Waals surface area contributed by atoms with Gasteiger partial charge in [-0.2, -0.15) is 0 Å². The van der Waals surface area contributed by atoms with Crippen LogP contribution in [0.4, 0.5) is 0 Å². The summed E-state index contributed by atoms with van der Waals surface area (Å²) in [5.41, 5.74) is 3.00. The molecule has 1 aromatic carbocycles. The molecule has 0 spiro atoms. The lowest BCUT2D eigenvalue weighted by Crippen LogP contribution is -2.02. The van der Waals surface area contributed by atoms with Gasteiger partial charge < -0.3 is 4.74 Å².